The lowest BCUT2D eigenvalue weighted by Crippen LogP contribution is -2.07. The van der Waals surface area contributed by atoms with E-state index in [1.165, 1.54) is 6.92 Å². The average Bonchev–Trinajstić information content (AvgIpc) is 2.39. The Morgan fingerprint density at radius 3 is 2.53 bits per heavy atom. The number of hydrogen-bond donors (Lipinski definition) is 2. The van der Waals surface area contributed by atoms with E-state index in [2.05, 4.69) is 15.6 Å². The molecule has 2 N–H and O–H groups in total. The Labute approximate surface area is 111 Å². The molecule has 0 unspecified atom stereocenters. The highest BCUT2D eigenvalue weighted by molar-refractivity contribution is 5.87. The third-order valence-corrected chi connectivity index (χ3v) is 2.41. The van der Waals surface area contributed by atoms with Gasteiger partial charge >= 0.3 is 0 Å². The van der Waals surface area contributed by atoms with Crippen molar-refractivity contribution >= 4 is 17.4 Å². The Hall–Kier alpha value is -2.56. The van der Waals surface area contributed by atoms with Gasteiger partial charge in [-0.25, -0.2) is 4.98 Å². The topological polar surface area (TPSA) is 63.2 Å². The third-order valence-electron chi connectivity index (χ3n) is 2.41. The molecule has 19 heavy (non-hydrogen) atoms. The van der Waals surface area contributed by atoms with Crippen molar-refractivity contribution in [3.8, 4) is 11.5 Å². The number of ether oxygens (including phenoxy) is 1. The zero-order valence-electron chi connectivity index (χ0n) is 10.8. The molecule has 98 valence electrons. The summed E-state index contributed by atoms with van der Waals surface area (Å²) >= 11 is 0. The van der Waals surface area contributed by atoms with Crippen molar-refractivity contribution in [3.63, 3.8) is 0 Å². The lowest BCUT2D eigenvalue weighted by Gasteiger charge is -2.08. The minimum atomic E-state index is -0.164. The van der Waals surface area contributed by atoms with E-state index in [1.54, 1.807) is 18.3 Å². The van der Waals surface area contributed by atoms with Crippen LogP contribution in [0.3, 0.4) is 0 Å². The minimum absolute atomic E-state index is 0.164. The summed E-state index contributed by atoms with van der Waals surface area (Å²) < 4.78 is 5.68. The van der Waals surface area contributed by atoms with Crippen LogP contribution in [0.4, 0.5) is 11.5 Å². The Morgan fingerprint density at radius 2 is 1.89 bits per heavy atom. The summed E-state index contributed by atoms with van der Waals surface area (Å²) in [6, 6.07) is 11.0. The van der Waals surface area contributed by atoms with Crippen molar-refractivity contribution in [1.82, 2.24) is 4.98 Å². The highest BCUT2D eigenvalue weighted by Gasteiger charge is 2.01. The molecule has 0 fully saturated rings. The number of carbonyl (C=O) groups excluding carboxylic acids is 1. The fraction of sp³-hybridized carbons (Fsp3) is 0.143. The van der Waals surface area contributed by atoms with Crippen LogP contribution < -0.4 is 15.4 Å². The molecule has 1 aromatic carbocycles. The van der Waals surface area contributed by atoms with Crippen LogP contribution in [0, 0.1) is 0 Å². The predicted octanol–water partition coefficient (Wildman–Crippen LogP) is 2.87. The number of nitrogens with one attached hydrogen (secondary N) is 2. The van der Waals surface area contributed by atoms with Gasteiger partial charge in [0.1, 0.15) is 17.3 Å². The normalized spacial score (nSPS) is 9.79. The van der Waals surface area contributed by atoms with E-state index >= 15 is 0 Å². The van der Waals surface area contributed by atoms with E-state index in [4.69, 9.17) is 4.74 Å². The van der Waals surface area contributed by atoms with E-state index in [-0.39, 0.29) is 5.91 Å². The van der Waals surface area contributed by atoms with Gasteiger partial charge < -0.3 is 15.4 Å². The molecule has 2 aromatic rings. The number of amides is 1. The van der Waals surface area contributed by atoms with Gasteiger partial charge in [0.15, 0.2) is 0 Å². The first-order chi connectivity index (χ1) is 9.17. The van der Waals surface area contributed by atoms with E-state index < -0.39 is 0 Å². The minimum Gasteiger partial charge on any atom is -0.457 e. The van der Waals surface area contributed by atoms with Crippen LogP contribution in [-0.4, -0.2) is 17.9 Å². The fourth-order valence-electron chi connectivity index (χ4n) is 1.55. The number of nitrogens with zero attached hydrogens (tertiary/aromatic N) is 1. The van der Waals surface area contributed by atoms with Gasteiger partial charge in [0.25, 0.3) is 0 Å². The van der Waals surface area contributed by atoms with Crippen LogP contribution in [0.15, 0.2) is 42.6 Å². The molecule has 1 heterocycles. The lowest BCUT2D eigenvalue weighted by atomic mass is 10.3. The number of rotatable bonds is 4. The smallest absolute Gasteiger partial charge is 0.222 e. The molecule has 0 saturated heterocycles. The molecule has 0 bridgehead atoms. The molecule has 1 amide bonds. The van der Waals surface area contributed by atoms with Gasteiger partial charge in [-0.3, -0.25) is 4.79 Å². The Bertz CT molecular complexity index is 567. The maximum Gasteiger partial charge on any atom is 0.222 e. The van der Waals surface area contributed by atoms with Crippen LogP contribution in [0.25, 0.3) is 0 Å². The highest BCUT2D eigenvalue weighted by atomic mass is 16.5. The van der Waals surface area contributed by atoms with Gasteiger partial charge in [0.05, 0.1) is 0 Å². The summed E-state index contributed by atoms with van der Waals surface area (Å²) in [5, 5.41) is 5.64. The standard InChI is InChI=1S/C14H15N3O2/c1-10(18)17-14-9-13(7-8-16-14)19-12-5-3-11(15-2)4-6-12/h3-9,15H,1-2H3,(H,16,17,18). The summed E-state index contributed by atoms with van der Waals surface area (Å²) in [5.74, 6) is 1.65. The van der Waals surface area contributed by atoms with Gasteiger partial charge in [-0.1, -0.05) is 0 Å². The summed E-state index contributed by atoms with van der Waals surface area (Å²) in [7, 11) is 1.86. The zero-order valence-corrected chi connectivity index (χ0v) is 10.8. The molecule has 0 spiro atoms. The van der Waals surface area contributed by atoms with Crippen LogP contribution in [0.5, 0.6) is 11.5 Å². The van der Waals surface area contributed by atoms with Crippen LogP contribution in [0.2, 0.25) is 0 Å². The van der Waals surface area contributed by atoms with Gasteiger partial charge in [0, 0.05) is 31.9 Å². The Morgan fingerprint density at radius 1 is 1.16 bits per heavy atom. The van der Waals surface area contributed by atoms with E-state index in [1.807, 2.05) is 31.3 Å². The van der Waals surface area contributed by atoms with E-state index in [9.17, 15) is 4.79 Å². The Kier molecular flexibility index (Phi) is 3.97. The van der Waals surface area contributed by atoms with Gasteiger partial charge in [0.2, 0.25) is 5.91 Å². The quantitative estimate of drug-likeness (QED) is 0.884. The van der Waals surface area contributed by atoms with Crippen molar-refractivity contribution < 1.29 is 9.53 Å². The number of anilines is 2. The molecule has 5 nitrogen and oxygen atoms in total. The predicted molar refractivity (Wildman–Crippen MR) is 74.6 cm³/mol. The van der Waals surface area contributed by atoms with Crippen molar-refractivity contribution in [3.05, 3.63) is 42.6 Å². The van der Waals surface area contributed by atoms with Crippen molar-refractivity contribution in [2.45, 2.75) is 6.92 Å². The molecule has 2 rings (SSSR count). The second-order valence-corrected chi connectivity index (χ2v) is 3.93. The summed E-state index contributed by atoms with van der Waals surface area (Å²) in [5.41, 5.74) is 1.01. The molecular weight excluding hydrogens is 242 g/mol. The molecule has 0 aliphatic carbocycles. The number of aromatic nitrogens is 1. The monoisotopic (exact) mass is 257 g/mol. The number of hydrogen-bond acceptors (Lipinski definition) is 4. The Balaban J connectivity index is 2.11. The van der Waals surface area contributed by atoms with Crippen LogP contribution in [0.1, 0.15) is 6.92 Å². The van der Waals surface area contributed by atoms with Crippen molar-refractivity contribution in [1.29, 1.82) is 0 Å². The highest BCUT2D eigenvalue weighted by Crippen LogP contribution is 2.24. The second kappa shape index (κ2) is 5.86. The maximum atomic E-state index is 11.0. The van der Waals surface area contributed by atoms with Gasteiger partial charge in [-0.2, -0.15) is 0 Å². The average molecular weight is 257 g/mol. The number of benzene rings is 1. The third kappa shape index (κ3) is 3.70. The van der Waals surface area contributed by atoms with Crippen molar-refractivity contribution in [2.24, 2.45) is 0 Å². The maximum absolute atomic E-state index is 11.0. The lowest BCUT2D eigenvalue weighted by molar-refractivity contribution is -0.114. The largest absolute Gasteiger partial charge is 0.457 e. The SMILES string of the molecule is CNc1ccc(Oc2ccnc(NC(C)=O)c2)cc1. The molecule has 5 heteroatoms. The van der Waals surface area contributed by atoms with Crippen LogP contribution >= 0.6 is 0 Å². The van der Waals surface area contributed by atoms with E-state index in [0.29, 0.717) is 11.6 Å². The summed E-state index contributed by atoms with van der Waals surface area (Å²) in [6.45, 7) is 1.44. The molecule has 0 saturated carbocycles. The van der Waals surface area contributed by atoms with Gasteiger partial charge in [-0.15, -0.1) is 0 Å². The zero-order chi connectivity index (χ0) is 13.7. The summed E-state index contributed by atoms with van der Waals surface area (Å²) in [6.07, 6.45) is 1.59. The molecule has 0 aliphatic rings. The second-order valence-electron chi connectivity index (χ2n) is 3.93. The van der Waals surface area contributed by atoms with Gasteiger partial charge in [-0.05, 0) is 30.3 Å². The molecule has 0 radical (unpaired) electrons. The molecular formula is C14H15N3O2. The molecule has 0 aliphatic heterocycles. The van der Waals surface area contributed by atoms with Crippen LogP contribution in [-0.2, 0) is 4.79 Å². The first kappa shape index (κ1) is 12.9. The first-order valence-electron chi connectivity index (χ1n) is 5.86. The molecule has 1 aromatic heterocycles. The molecule has 0 atom stereocenters. The number of carbonyl (C=O) groups is 1. The number of pyridine rings is 1. The fourth-order valence-corrected chi connectivity index (χ4v) is 1.55. The van der Waals surface area contributed by atoms with E-state index in [0.717, 1.165) is 11.4 Å². The first-order valence-corrected chi connectivity index (χ1v) is 5.86. The van der Waals surface area contributed by atoms with Crippen molar-refractivity contribution in [2.75, 3.05) is 17.7 Å². The summed E-state index contributed by atoms with van der Waals surface area (Å²) in [4.78, 5) is 15.0.